The zero-order valence-electron chi connectivity index (χ0n) is 9.97. The van der Waals surface area contributed by atoms with E-state index in [-0.39, 0.29) is 0 Å². The number of carboxylic acid groups (broad SMARTS) is 1. The molecule has 3 heteroatoms. The molecule has 1 aromatic carbocycles. The molecule has 88 valence electrons. The summed E-state index contributed by atoms with van der Waals surface area (Å²) < 4.78 is 0. The summed E-state index contributed by atoms with van der Waals surface area (Å²) >= 11 is 0. The van der Waals surface area contributed by atoms with Gasteiger partial charge in [0.25, 0.3) is 0 Å². The zero-order valence-corrected chi connectivity index (χ0v) is 9.97. The van der Waals surface area contributed by atoms with E-state index in [0.29, 0.717) is 11.5 Å². The highest BCUT2D eigenvalue weighted by molar-refractivity contribution is 5.94. The zero-order chi connectivity index (χ0) is 12.4. The van der Waals surface area contributed by atoms with E-state index in [1.54, 1.807) is 18.3 Å². The van der Waals surface area contributed by atoms with E-state index in [9.17, 15) is 4.79 Å². The van der Waals surface area contributed by atoms with E-state index in [1.807, 2.05) is 12.1 Å². The molecule has 17 heavy (non-hydrogen) atoms. The standard InChI is InChI=1S/C14H15NO2/c1-3-9(2)13-7-10-4-5-11(14(16)17)6-12(10)8-15-13/h4-9H,3H2,1-2H3,(H,16,17). The highest BCUT2D eigenvalue weighted by Gasteiger charge is 2.07. The van der Waals surface area contributed by atoms with Crippen LogP contribution in [0.1, 0.15) is 42.2 Å². The molecule has 3 nitrogen and oxygen atoms in total. The fourth-order valence-corrected chi connectivity index (χ4v) is 1.77. The van der Waals surface area contributed by atoms with Crippen LogP contribution >= 0.6 is 0 Å². The van der Waals surface area contributed by atoms with Crippen molar-refractivity contribution in [1.29, 1.82) is 0 Å². The topological polar surface area (TPSA) is 50.2 Å². The van der Waals surface area contributed by atoms with Gasteiger partial charge in [0, 0.05) is 17.3 Å². The number of carbonyl (C=O) groups is 1. The van der Waals surface area contributed by atoms with Crippen molar-refractivity contribution in [2.45, 2.75) is 26.2 Å². The number of nitrogens with zero attached hydrogens (tertiary/aromatic N) is 1. The summed E-state index contributed by atoms with van der Waals surface area (Å²) in [5, 5.41) is 10.8. The van der Waals surface area contributed by atoms with Crippen molar-refractivity contribution in [3.63, 3.8) is 0 Å². The molecule has 0 aliphatic rings. The summed E-state index contributed by atoms with van der Waals surface area (Å²) in [6.07, 6.45) is 2.80. The summed E-state index contributed by atoms with van der Waals surface area (Å²) in [4.78, 5) is 15.2. The molecule has 0 aliphatic heterocycles. The third-order valence-corrected chi connectivity index (χ3v) is 3.11. The second-order valence-corrected chi connectivity index (χ2v) is 4.29. The van der Waals surface area contributed by atoms with Crippen molar-refractivity contribution in [3.8, 4) is 0 Å². The molecule has 0 radical (unpaired) electrons. The monoisotopic (exact) mass is 229 g/mol. The maximum atomic E-state index is 10.8. The van der Waals surface area contributed by atoms with E-state index >= 15 is 0 Å². The second-order valence-electron chi connectivity index (χ2n) is 4.29. The van der Waals surface area contributed by atoms with Gasteiger partial charge in [-0.15, -0.1) is 0 Å². The van der Waals surface area contributed by atoms with Crippen LogP contribution < -0.4 is 0 Å². The normalized spacial score (nSPS) is 12.6. The Hall–Kier alpha value is -1.90. The molecule has 1 N–H and O–H groups in total. The number of aromatic carboxylic acids is 1. The Morgan fingerprint density at radius 1 is 1.35 bits per heavy atom. The fraction of sp³-hybridized carbons (Fsp3) is 0.286. The molecule has 0 aliphatic carbocycles. The minimum Gasteiger partial charge on any atom is -0.478 e. The SMILES string of the molecule is CCC(C)c1cc2ccc(C(=O)O)cc2cn1. The van der Waals surface area contributed by atoms with Crippen molar-refractivity contribution in [2.75, 3.05) is 0 Å². The van der Waals surface area contributed by atoms with Gasteiger partial charge in [-0.05, 0) is 35.9 Å². The fourth-order valence-electron chi connectivity index (χ4n) is 1.77. The van der Waals surface area contributed by atoms with E-state index in [0.717, 1.165) is 22.9 Å². The van der Waals surface area contributed by atoms with Crippen LogP contribution in [0.3, 0.4) is 0 Å². The molecule has 0 amide bonds. The molecule has 1 aromatic heterocycles. The summed E-state index contributed by atoms with van der Waals surface area (Å²) in [5.74, 6) is -0.476. The Kier molecular flexibility index (Phi) is 3.09. The van der Waals surface area contributed by atoms with Gasteiger partial charge in [-0.1, -0.05) is 19.9 Å². The molecular weight excluding hydrogens is 214 g/mol. The first-order valence-electron chi connectivity index (χ1n) is 5.74. The Balaban J connectivity index is 2.50. The van der Waals surface area contributed by atoms with Gasteiger partial charge < -0.3 is 5.11 Å². The van der Waals surface area contributed by atoms with Crippen LogP contribution in [0.2, 0.25) is 0 Å². The molecule has 2 aromatic rings. The van der Waals surface area contributed by atoms with Crippen LogP contribution in [0.15, 0.2) is 30.5 Å². The highest BCUT2D eigenvalue weighted by atomic mass is 16.4. The van der Waals surface area contributed by atoms with E-state index in [1.165, 1.54) is 0 Å². The third-order valence-electron chi connectivity index (χ3n) is 3.11. The Bertz CT molecular complexity index is 563. The molecule has 0 spiro atoms. The molecule has 0 saturated heterocycles. The van der Waals surface area contributed by atoms with E-state index in [2.05, 4.69) is 18.8 Å². The smallest absolute Gasteiger partial charge is 0.335 e. The van der Waals surface area contributed by atoms with Gasteiger partial charge in [0.05, 0.1) is 5.56 Å². The number of hydrogen-bond donors (Lipinski definition) is 1. The Morgan fingerprint density at radius 2 is 2.12 bits per heavy atom. The number of hydrogen-bond acceptors (Lipinski definition) is 2. The number of aromatic nitrogens is 1. The lowest BCUT2D eigenvalue weighted by Crippen LogP contribution is -1.97. The van der Waals surface area contributed by atoms with E-state index in [4.69, 9.17) is 5.11 Å². The predicted octanol–water partition coefficient (Wildman–Crippen LogP) is 3.45. The highest BCUT2D eigenvalue weighted by Crippen LogP contribution is 2.22. The number of benzene rings is 1. The molecule has 2 rings (SSSR count). The van der Waals surface area contributed by atoms with Gasteiger partial charge in [0.2, 0.25) is 0 Å². The maximum absolute atomic E-state index is 10.8. The number of fused-ring (bicyclic) bond motifs is 1. The molecule has 1 atom stereocenters. The average Bonchev–Trinajstić information content (AvgIpc) is 2.36. The van der Waals surface area contributed by atoms with Crippen LogP contribution in [-0.2, 0) is 0 Å². The molecule has 1 heterocycles. The lowest BCUT2D eigenvalue weighted by atomic mass is 10.0. The molecule has 0 bridgehead atoms. The summed E-state index contributed by atoms with van der Waals surface area (Å²) in [7, 11) is 0. The summed E-state index contributed by atoms with van der Waals surface area (Å²) in [6, 6.07) is 7.16. The predicted molar refractivity (Wildman–Crippen MR) is 67.4 cm³/mol. The average molecular weight is 229 g/mol. The van der Waals surface area contributed by atoms with Gasteiger partial charge in [-0.3, -0.25) is 4.98 Å². The van der Waals surface area contributed by atoms with Crippen molar-refractivity contribution >= 4 is 16.7 Å². The third kappa shape index (κ3) is 2.28. The summed E-state index contributed by atoms with van der Waals surface area (Å²) in [6.45, 7) is 4.27. The van der Waals surface area contributed by atoms with Crippen molar-refractivity contribution in [2.24, 2.45) is 0 Å². The lowest BCUT2D eigenvalue weighted by molar-refractivity contribution is 0.0697. The molecule has 1 unspecified atom stereocenters. The first kappa shape index (κ1) is 11.6. The minimum atomic E-state index is -0.905. The first-order chi connectivity index (χ1) is 8.11. The van der Waals surface area contributed by atoms with E-state index < -0.39 is 5.97 Å². The van der Waals surface area contributed by atoms with Gasteiger partial charge in [-0.2, -0.15) is 0 Å². The number of rotatable bonds is 3. The van der Waals surface area contributed by atoms with Crippen molar-refractivity contribution in [1.82, 2.24) is 4.98 Å². The van der Waals surface area contributed by atoms with Gasteiger partial charge in [0.1, 0.15) is 0 Å². The maximum Gasteiger partial charge on any atom is 0.335 e. The van der Waals surface area contributed by atoms with Crippen molar-refractivity contribution in [3.05, 3.63) is 41.7 Å². The largest absolute Gasteiger partial charge is 0.478 e. The van der Waals surface area contributed by atoms with Crippen LogP contribution in [0.25, 0.3) is 10.8 Å². The summed E-state index contributed by atoms with van der Waals surface area (Å²) in [5.41, 5.74) is 1.36. The minimum absolute atomic E-state index is 0.301. The van der Waals surface area contributed by atoms with Crippen LogP contribution in [0.5, 0.6) is 0 Å². The quantitative estimate of drug-likeness (QED) is 0.877. The number of pyridine rings is 1. The molecular formula is C14H15NO2. The van der Waals surface area contributed by atoms with Crippen LogP contribution in [0.4, 0.5) is 0 Å². The van der Waals surface area contributed by atoms with Crippen LogP contribution in [0, 0.1) is 0 Å². The second kappa shape index (κ2) is 4.53. The number of carboxylic acids is 1. The lowest BCUT2D eigenvalue weighted by Gasteiger charge is -2.09. The Labute approximate surface area is 100 Å². The van der Waals surface area contributed by atoms with Crippen LogP contribution in [-0.4, -0.2) is 16.1 Å². The van der Waals surface area contributed by atoms with Gasteiger partial charge in [-0.25, -0.2) is 4.79 Å². The Morgan fingerprint density at radius 3 is 2.76 bits per heavy atom. The van der Waals surface area contributed by atoms with Gasteiger partial charge in [0.15, 0.2) is 0 Å². The molecule has 0 saturated carbocycles. The van der Waals surface area contributed by atoms with Crippen molar-refractivity contribution < 1.29 is 9.90 Å². The molecule has 0 fully saturated rings. The first-order valence-corrected chi connectivity index (χ1v) is 5.74. The van der Waals surface area contributed by atoms with Gasteiger partial charge >= 0.3 is 5.97 Å².